The second-order valence-electron chi connectivity index (χ2n) is 2.43. The van der Waals surface area contributed by atoms with Crippen molar-refractivity contribution in [2.45, 2.75) is 0 Å². The van der Waals surface area contributed by atoms with Gasteiger partial charge in [0.1, 0.15) is 0 Å². The average molecular weight is 215 g/mol. The van der Waals surface area contributed by atoms with E-state index in [1.807, 2.05) is 18.2 Å². The van der Waals surface area contributed by atoms with Crippen LogP contribution in [0.2, 0.25) is 0 Å². The van der Waals surface area contributed by atoms with Crippen molar-refractivity contribution in [3.63, 3.8) is 0 Å². The van der Waals surface area contributed by atoms with Crippen LogP contribution in [0.25, 0.3) is 0 Å². The molecule has 0 unspecified atom stereocenters. The molecule has 1 aliphatic heterocycles. The Bertz CT molecular complexity index is 372. The SMILES string of the molecule is N[SeH]1(=O)N=Cc2ccccc21. The molecule has 1 aromatic carbocycles. The predicted octanol–water partition coefficient (Wildman–Crippen LogP) is -0.614. The van der Waals surface area contributed by atoms with Crippen molar-refractivity contribution in [1.82, 2.24) is 0 Å². The molecule has 0 fully saturated rings. The van der Waals surface area contributed by atoms with E-state index in [2.05, 4.69) is 4.01 Å². The number of rotatable bonds is 0. The van der Waals surface area contributed by atoms with Crippen molar-refractivity contribution in [2.75, 3.05) is 0 Å². The third-order valence-electron chi connectivity index (χ3n) is 1.65. The number of fused-ring (bicyclic) bond motifs is 1. The topological polar surface area (TPSA) is 55.5 Å². The molecule has 58 valence electrons. The van der Waals surface area contributed by atoms with Gasteiger partial charge in [-0.25, -0.2) is 0 Å². The fourth-order valence-corrected chi connectivity index (χ4v) is 3.66. The van der Waals surface area contributed by atoms with E-state index >= 15 is 0 Å². The summed E-state index contributed by atoms with van der Waals surface area (Å²) in [5.41, 5.74) is 0.900. The van der Waals surface area contributed by atoms with E-state index in [0.29, 0.717) is 0 Å². The molecule has 0 saturated heterocycles. The Labute approximate surface area is 66.8 Å². The molecule has 4 heteroatoms. The number of hydrogen-bond donors (Lipinski definition) is 1. The first-order valence-electron chi connectivity index (χ1n) is 3.24. The molecule has 1 heterocycles. The zero-order valence-electron chi connectivity index (χ0n) is 5.77. The van der Waals surface area contributed by atoms with Crippen LogP contribution in [-0.2, 0) is 3.83 Å². The number of hydrogen-bond acceptors (Lipinski definition) is 1. The molecule has 2 rings (SSSR count). The Kier molecular flexibility index (Phi) is 1.29. The van der Waals surface area contributed by atoms with Gasteiger partial charge in [0.15, 0.2) is 0 Å². The number of nitrogens with zero attached hydrogens (tertiary/aromatic N) is 1. The van der Waals surface area contributed by atoms with Gasteiger partial charge in [-0.2, -0.15) is 0 Å². The van der Waals surface area contributed by atoms with E-state index in [0.717, 1.165) is 10.0 Å². The van der Waals surface area contributed by atoms with Crippen LogP contribution >= 0.6 is 0 Å². The van der Waals surface area contributed by atoms with Crippen LogP contribution in [0.3, 0.4) is 0 Å². The summed E-state index contributed by atoms with van der Waals surface area (Å²) in [6, 6.07) is 7.36. The molecular formula is C7H8N2OSe. The summed E-state index contributed by atoms with van der Waals surface area (Å²) in [6.07, 6.45) is 1.59. The van der Waals surface area contributed by atoms with Crippen molar-refractivity contribution >= 4 is 23.9 Å². The van der Waals surface area contributed by atoms with Crippen molar-refractivity contribution < 1.29 is 3.83 Å². The van der Waals surface area contributed by atoms with Crippen LogP contribution in [-0.4, -0.2) is 19.4 Å². The Morgan fingerprint density at radius 1 is 1.36 bits per heavy atom. The third-order valence-corrected chi connectivity index (χ3v) is 4.92. The van der Waals surface area contributed by atoms with Gasteiger partial charge < -0.3 is 0 Å². The minimum absolute atomic E-state index is 0.727. The van der Waals surface area contributed by atoms with E-state index < -0.39 is 13.2 Å². The van der Waals surface area contributed by atoms with Crippen LogP contribution in [0.1, 0.15) is 5.56 Å². The van der Waals surface area contributed by atoms with Gasteiger partial charge in [-0.05, 0) is 0 Å². The maximum absolute atomic E-state index is 11.5. The zero-order chi connectivity index (χ0) is 7.90. The summed E-state index contributed by atoms with van der Waals surface area (Å²) in [5, 5.41) is 0. The Morgan fingerprint density at radius 2 is 2.09 bits per heavy atom. The zero-order valence-corrected chi connectivity index (χ0v) is 7.64. The standard InChI is InChI=1S/C7H8N2OSe/c8-11(10)7-4-2-1-3-6(7)5-9-11/h1-5,11H,(H2,8,10). The summed E-state index contributed by atoms with van der Waals surface area (Å²) in [5.74, 6) is 0. The van der Waals surface area contributed by atoms with Gasteiger partial charge in [0.05, 0.1) is 0 Å². The van der Waals surface area contributed by atoms with Crippen LogP contribution < -0.4 is 9.21 Å². The molecule has 2 N–H and O–H groups in total. The minimum atomic E-state index is -3.47. The molecule has 1 aromatic rings. The van der Waals surface area contributed by atoms with E-state index in [1.165, 1.54) is 0 Å². The van der Waals surface area contributed by atoms with Crippen LogP contribution in [0, 0.1) is 0 Å². The molecular weight excluding hydrogens is 207 g/mol. The molecule has 0 amide bonds. The Morgan fingerprint density at radius 3 is 2.82 bits per heavy atom. The number of nitrogens with two attached hydrogens (primary N) is 1. The maximum atomic E-state index is 11.5. The second-order valence-corrected chi connectivity index (χ2v) is 6.54. The molecule has 0 atom stereocenters. The predicted molar refractivity (Wildman–Crippen MR) is 45.7 cm³/mol. The van der Waals surface area contributed by atoms with Crippen molar-refractivity contribution in [3.8, 4) is 0 Å². The average Bonchev–Trinajstić information content (AvgIpc) is 2.29. The van der Waals surface area contributed by atoms with Crippen LogP contribution in [0.5, 0.6) is 0 Å². The van der Waals surface area contributed by atoms with Crippen molar-refractivity contribution in [1.29, 1.82) is 0 Å². The van der Waals surface area contributed by atoms with Gasteiger partial charge in [-0.15, -0.1) is 0 Å². The summed E-state index contributed by atoms with van der Waals surface area (Å²) < 4.78 is 21.5. The molecule has 0 bridgehead atoms. The summed E-state index contributed by atoms with van der Waals surface area (Å²) >= 11 is -3.47. The van der Waals surface area contributed by atoms with Crippen LogP contribution in [0.4, 0.5) is 0 Å². The Balaban J connectivity index is 2.73. The Hall–Kier alpha value is -0.831. The summed E-state index contributed by atoms with van der Waals surface area (Å²) in [4.78, 5) is 0. The van der Waals surface area contributed by atoms with Gasteiger partial charge in [-0.1, -0.05) is 0 Å². The molecule has 1 aliphatic rings. The van der Waals surface area contributed by atoms with Gasteiger partial charge in [-0.3, -0.25) is 0 Å². The quantitative estimate of drug-likeness (QED) is 0.587. The van der Waals surface area contributed by atoms with E-state index in [1.54, 1.807) is 12.3 Å². The van der Waals surface area contributed by atoms with Gasteiger partial charge in [0.2, 0.25) is 0 Å². The monoisotopic (exact) mass is 216 g/mol. The van der Waals surface area contributed by atoms with Crippen molar-refractivity contribution in [2.24, 2.45) is 8.76 Å². The van der Waals surface area contributed by atoms with Gasteiger partial charge in [0, 0.05) is 0 Å². The summed E-state index contributed by atoms with van der Waals surface area (Å²) in [6.45, 7) is 0. The third kappa shape index (κ3) is 0.959. The van der Waals surface area contributed by atoms with E-state index in [4.69, 9.17) is 4.75 Å². The number of benzene rings is 1. The summed E-state index contributed by atoms with van der Waals surface area (Å²) in [7, 11) is 0. The van der Waals surface area contributed by atoms with E-state index in [-0.39, 0.29) is 0 Å². The molecule has 0 saturated carbocycles. The fourth-order valence-electron chi connectivity index (χ4n) is 1.10. The first-order chi connectivity index (χ1) is 5.20. The molecule has 11 heavy (non-hydrogen) atoms. The first kappa shape index (κ1) is 6.85. The normalized spacial score (nSPS) is 21.2. The fraction of sp³-hybridized carbons (Fsp3) is 0. The molecule has 3 nitrogen and oxygen atoms in total. The van der Waals surface area contributed by atoms with E-state index in [9.17, 15) is 3.83 Å². The second kappa shape index (κ2) is 2.08. The van der Waals surface area contributed by atoms with Crippen molar-refractivity contribution in [3.05, 3.63) is 29.8 Å². The molecule has 0 radical (unpaired) electrons. The molecule has 0 spiro atoms. The first-order valence-corrected chi connectivity index (χ1v) is 6.87. The molecule has 0 aliphatic carbocycles. The molecule has 0 aromatic heterocycles. The van der Waals surface area contributed by atoms with Crippen LogP contribution in [0.15, 0.2) is 28.3 Å². The van der Waals surface area contributed by atoms with Gasteiger partial charge in [0.25, 0.3) is 0 Å². The van der Waals surface area contributed by atoms with Gasteiger partial charge >= 0.3 is 66.3 Å².